The highest BCUT2D eigenvalue weighted by Crippen LogP contribution is 2.29. The predicted octanol–water partition coefficient (Wildman–Crippen LogP) is 2.93. The van der Waals surface area contributed by atoms with Gasteiger partial charge in [0.25, 0.3) is 5.91 Å². The van der Waals surface area contributed by atoms with E-state index in [1.54, 1.807) is 19.2 Å². The number of amides is 1. The third-order valence-electron chi connectivity index (χ3n) is 4.89. The molecule has 0 aromatic heterocycles. The Morgan fingerprint density at radius 2 is 1.88 bits per heavy atom. The van der Waals surface area contributed by atoms with Crippen LogP contribution in [0.25, 0.3) is 0 Å². The molecule has 0 aliphatic heterocycles. The lowest BCUT2D eigenvalue weighted by molar-refractivity contribution is -0.125. The number of rotatable bonds is 6. The number of nitrogens with one attached hydrogen (secondary N) is 1. The van der Waals surface area contributed by atoms with Crippen molar-refractivity contribution in [3.8, 4) is 0 Å². The first-order chi connectivity index (χ1) is 11.5. The van der Waals surface area contributed by atoms with E-state index >= 15 is 0 Å². The number of methoxy groups -OCH3 is 1. The average molecular weight is 333 g/mol. The molecule has 0 unspecified atom stereocenters. The van der Waals surface area contributed by atoms with Gasteiger partial charge in [0.15, 0.2) is 6.61 Å². The largest absolute Gasteiger partial charge is 0.452 e. The molecule has 0 bridgehead atoms. The summed E-state index contributed by atoms with van der Waals surface area (Å²) in [7, 11) is 1.62. The Hall–Kier alpha value is -1.88. The summed E-state index contributed by atoms with van der Waals surface area (Å²) in [6.07, 6.45) is 3.33. The molecule has 1 saturated carbocycles. The molecular formula is C19H27NO4. The first-order valence-corrected chi connectivity index (χ1v) is 8.55. The van der Waals surface area contributed by atoms with Crippen LogP contribution in [0.3, 0.4) is 0 Å². The minimum absolute atomic E-state index is 0.174. The van der Waals surface area contributed by atoms with Crippen LogP contribution in [0.5, 0.6) is 0 Å². The van der Waals surface area contributed by atoms with Gasteiger partial charge in [0.05, 0.1) is 12.2 Å². The van der Waals surface area contributed by atoms with Crippen LogP contribution in [0.4, 0.5) is 0 Å². The minimum Gasteiger partial charge on any atom is -0.452 e. The van der Waals surface area contributed by atoms with Gasteiger partial charge in [-0.25, -0.2) is 4.79 Å². The van der Waals surface area contributed by atoms with Crippen LogP contribution in [0.1, 0.15) is 49.0 Å². The molecule has 5 nitrogen and oxygen atoms in total. The van der Waals surface area contributed by atoms with Crippen LogP contribution in [0, 0.1) is 11.8 Å². The molecule has 1 aliphatic rings. The minimum atomic E-state index is -0.487. The second kappa shape index (κ2) is 8.83. The number of esters is 1. The van der Waals surface area contributed by atoms with Crippen molar-refractivity contribution in [1.29, 1.82) is 0 Å². The van der Waals surface area contributed by atoms with E-state index in [1.165, 1.54) is 6.42 Å². The standard InChI is InChI=1S/C19H27NO4/c1-13-5-4-6-17(14(13)2)20-18(21)12-24-19(22)16-9-7-15(8-10-16)11-23-3/h7-10,13-14,17H,4-6,11-12H2,1-3H3,(H,20,21)/t13-,14-,17+/m1/s1. The van der Waals surface area contributed by atoms with Gasteiger partial charge in [0.2, 0.25) is 0 Å². The van der Waals surface area contributed by atoms with Crippen LogP contribution < -0.4 is 5.32 Å². The zero-order valence-electron chi connectivity index (χ0n) is 14.7. The van der Waals surface area contributed by atoms with Crippen LogP contribution in [-0.4, -0.2) is 31.6 Å². The van der Waals surface area contributed by atoms with Crippen molar-refractivity contribution >= 4 is 11.9 Å². The molecule has 0 spiro atoms. The molecule has 2 rings (SSSR count). The molecule has 24 heavy (non-hydrogen) atoms. The first-order valence-electron chi connectivity index (χ1n) is 8.55. The molecule has 1 aliphatic carbocycles. The normalized spacial score (nSPS) is 23.5. The zero-order valence-corrected chi connectivity index (χ0v) is 14.7. The van der Waals surface area contributed by atoms with Crippen molar-refractivity contribution in [2.75, 3.05) is 13.7 Å². The summed E-state index contributed by atoms with van der Waals surface area (Å²) in [6.45, 7) is 4.64. The van der Waals surface area contributed by atoms with Crippen molar-refractivity contribution in [3.05, 3.63) is 35.4 Å². The topological polar surface area (TPSA) is 64.6 Å². The van der Waals surface area contributed by atoms with E-state index < -0.39 is 5.97 Å². The summed E-state index contributed by atoms with van der Waals surface area (Å²) >= 11 is 0. The van der Waals surface area contributed by atoms with E-state index in [-0.39, 0.29) is 18.6 Å². The monoisotopic (exact) mass is 333 g/mol. The highest BCUT2D eigenvalue weighted by Gasteiger charge is 2.28. The quantitative estimate of drug-likeness (QED) is 0.813. The summed E-state index contributed by atoms with van der Waals surface area (Å²) in [5.74, 6) is 0.341. The molecule has 0 radical (unpaired) electrons. The second-order valence-electron chi connectivity index (χ2n) is 6.65. The molecule has 132 valence electrons. The fourth-order valence-electron chi connectivity index (χ4n) is 3.15. The molecule has 1 fully saturated rings. The molecule has 1 N–H and O–H groups in total. The van der Waals surface area contributed by atoms with Gasteiger partial charge in [0.1, 0.15) is 0 Å². The van der Waals surface area contributed by atoms with Gasteiger partial charge >= 0.3 is 5.97 Å². The highest BCUT2D eigenvalue weighted by atomic mass is 16.5. The number of ether oxygens (including phenoxy) is 2. The van der Waals surface area contributed by atoms with Gasteiger partial charge in [-0.15, -0.1) is 0 Å². The van der Waals surface area contributed by atoms with Crippen LogP contribution in [0.15, 0.2) is 24.3 Å². The summed E-state index contributed by atoms with van der Waals surface area (Å²) in [5, 5.41) is 3.00. The van der Waals surface area contributed by atoms with Crippen molar-refractivity contribution < 1.29 is 19.1 Å². The smallest absolute Gasteiger partial charge is 0.338 e. The average Bonchev–Trinajstić information content (AvgIpc) is 2.58. The van der Waals surface area contributed by atoms with Crippen molar-refractivity contribution in [3.63, 3.8) is 0 Å². The molecule has 1 aromatic carbocycles. The summed E-state index contributed by atoms with van der Waals surface area (Å²) in [4.78, 5) is 24.0. The number of carbonyl (C=O) groups is 2. The fourth-order valence-corrected chi connectivity index (χ4v) is 3.15. The molecule has 0 heterocycles. The summed E-state index contributed by atoms with van der Waals surface area (Å²) in [6, 6.07) is 7.16. The molecule has 0 saturated heterocycles. The molecular weight excluding hydrogens is 306 g/mol. The van der Waals surface area contributed by atoms with Crippen LogP contribution >= 0.6 is 0 Å². The summed E-state index contributed by atoms with van der Waals surface area (Å²) < 4.78 is 10.1. The summed E-state index contributed by atoms with van der Waals surface area (Å²) in [5.41, 5.74) is 1.41. The van der Waals surface area contributed by atoms with E-state index in [0.717, 1.165) is 18.4 Å². The molecule has 1 amide bonds. The van der Waals surface area contributed by atoms with Crippen molar-refractivity contribution in [1.82, 2.24) is 5.32 Å². The number of hydrogen-bond acceptors (Lipinski definition) is 4. The van der Waals surface area contributed by atoms with E-state index in [1.807, 2.05) is 12.1 Å². The Morgan fingerprint density at radius 3 is 2.54 bits per heavy atom. The Kier molecular flexibility index (Phi) is 6.79. The Morgan fingerprint density at radius 1 is 1.17 bits per heavy atom. The lowest BCUT2D eigenvalue weighted by Gasteiger charge is -2.34. The van der Waals surface area contributed by atoms with E-state index in [4.69, 9.17) is 9.47 Å². The van der Waals surface area contributed by atoms with Gasteiger partial charge in [-0.3, -0.25) is 4.79 Å². The Labute approximate surface area is 143 Å². The van der Waals surface area contributed by atoms with Gasteiger partial charge in [0, 0.05) is 13.2 Å². The fraction of sp³-hybridized carbons (Fsp3) is 0.579. The third-order valence-corrected chi connectivity index (χ3v) is 4.89. The predicted molar refractivity (Wildman–Crippen MR) is 91.5 cm³/mol. The Bertz CT molecular complexity index is 555. The van der Waals surface area contributed by atoms with E-state index in [2.05, 4.69) is 19.2 Å². The molecule has 1 aromatic rings. The molecule has 3 atom stereocenters. The second-order valence-corrected chi connectivity index (χ2v) is 6.65. The lowest BCUT2D eigenvalue weighted by atomic mass is 9.78. The maximum absolute atomic E-state index is 12.0. The first kappa shape index (κ1) is 18.5. The number of hydrogen-bond donors (Lipinski definition) is 1. The van der Waals surface area contributed by atoms with Gasteiger partial charge in [-0.05, 0) is 36.0 Å². The van der Waals surface area contributed by atoms with E-state index in [9.17, 15) is 9.59 Å². The van der Waals surface area contributed by atoms with Gasteiger partial charge in [-0.2, -0.15) is 0 Å². The lowest BCUT2D eigenvalue weighted by Crippen LogP contribution is -2.45. The maximum Gasteiger partial charge on any atom is 0.338 e. The number of benzene rings is 1. The SMILES string of the molecule is COCc1ccc(C(=O)OCC(=O)N[C@H]2CCC[C@@H](C)[C@H]2C)cc1. The highest BCUT2D eigenvalue weighted by molar-refractivity contribution is 5.91. The third kappa shape index (κ3) is 5.06. The van der Waals surface area contributed by atoms with E-state index in [0.29, 0.717) is 24.0 Å². The van der Waals surface area contributed by atoms with Crippen LogP contribution in [-0.2, 0) is 20.9 Å². The number of carbonyl (C=O) groups excluding carboxylic acids is 2. The van der Waals surface area contributed by atoms with Gasteiger partial charge < -0.3 is 14.8 Å². The molecule has 5 heteroatoms. The van der Waals surface area contributed by atoms with Gasteiger partial charge in [-0.1, -0.05) is 38.8 Å². The maximum atomic E-state index is 12.0. The zero-order chi connectivity index (χ0) is 17.5. The van der Waals surface area contributed by atoms with Crippen molar-refractivity contribution in [2.45, 2.75) is 45.8 Å². The Balaban J connectivity index is 1.79. The van der Waals surface area contributed by atoms with Crippen LogP contribution in [0.2, 0.25) is 0 Å². The van der Waals surface area contributed by atoms with Crippen molar-refractivity contribution in [2.24, 2.45) is 11.8 Å².